The first-order chi connectivity index (χ1) is 7.70. The largest absolute Gasteiger partial charge is 0.348 e. The molecule has 4 heteroatoms. The van der Waals surface area contributed by atoms with Crippen LogP contribution in [0.2, 0.25) is 5.31 Å². The molecule has 2 radical (unpaired) electrons. The van der Waals surface area contributed by atoms with Gasteiger partial charge in [-0.1, -0.05) is 50.8 Å². The van der Waals surface area contributed by atoms with E-state index < -0.39 is 0 Å². The van der Waals surface area contributed by atoms with Crippen molar-refractivity contribution < 1.29 is 0 Å². The second-order valence-corrected chi connectivity index (χ2v) is 6.08. The van der Waals surface area contributed by atoms with E-state index in [4.69, 9.17) is 20.1 Å². The van der Waals surface area contributed by atoms with Gasteiger partial charge in [0.1, 0.15) is 0 Å². The van der Waals surface area contributed by atoms with Gasteiger partial charge in [-0.2, -0.15) is 12.6 Å². The van der Waals surface area contributed by atoms with Crippen molar-refractivity contribution in [1.82, 2.24) is 4.90 Å². The van der Waals surface area contributed by atoms with Crippen LogP contribution >= 0.6 is 24.8 Å². The predicted octanol–water partition coefficient (Wildman–Crippen LogP) is 3.86. The molecule has 0 aromatic heterocycles. The average molecular weight is 269 g/mol. The molecule has 0 aromatic rings. The summed E-state index contributed by atoms with van der Waals surface area (Å²) in [5.74, 6) is 0.778. The third kappa shape index (κ3) is 5.05. The van der Waals surface area contributed by atoms with E-state index in [9.17, 15) is 0 Å². The number of rotatable bonds is 7. The first kappa shape index (κ1) is 17.0. The summed E-state index contributed by atoms with van der Waals surface area (Å²) in [6.07, 6.45) is 3.93. The minimum atomic E-state index is -0.265. The van der Waals surface area contributed by atoms with Gasteiger partial charge >= 0.3 is 0 Å². The molecule has 0 N–H and O–H groups in total. The van der Waals surface area contributed by atoms with Crippen molar-refractivity contribution >= 4 is 38.2 Å². The van der Waals surface area contributed by atoms with Crippen LogP contribution in [0, 0.1) is 5.41 Å². The van der Waals surface area contributed by atoms with Crippen molar-refractivity contribution in [3.8, 4) is 0 Å². The second-order valence-electron chi connectivity index (χ2n) is 5.55. The number of allylic oxidation sites excluding steroid dienone is 1. The van der Waals surface area contributed by atoms with Crippen molar-refractivity contribution in [3.63, 3.8) is 0 Å². The molecule has 0 aromatic carbocycles. The van der Waals surface area contributed by atoms with Gasteiger partial charge in [0.15, 0.2) is 0 Å². The predicted molar refractivity (Wildman–Crippen MR) is 86.2 cm³/mol. The summed E-state index contributed by atoms with van der Waals surface area (Å²) in [6, 6.07) is 0. The van der Waals surface area contributed by atoms with Crippen LogP contribution in [-0.4, -0.2) is 31.0 Å². The lowest BCUT2D eigenvalue weighted by molar-refractivity contribution is 0.286. The van der Waals surface area contributed by atoms with E-state index in [1.54, 1.807) is 5.49 Å². The van der Waals surface area contributed by atoms with Gasteiger partial charge in [0.25, 0.3) is 0 Å². The standard InChI is InChI=1S/C13H24BNS2/c1-6-11(8-15(5)10-17)7-13(4,14)12(2,3)9-16/h8,10,16H,6-7,9H2,1-5H3/b11-8+. The summed E-state index contributed by atoms with van der Waals surface area (Å²) in [7, 11) is 8.40. The Kier molecular flexibility index (Phi) is 6.86. The first-order valence-electron chi connectivity index (χ1n) is 5.96. The third-order valence-electron chi connectivity index (χ3n) is 3.54. The van der Waals surface area contributed by atoms with Crippen LogP contribution in [0.25, 0.3) is 0 Å². The lowest BCUT2D eigenvalue weighted by Crippen LogP contribution is -2.31. The summed E-state index contributed by atoms with van der Waals surface area (Å²) in [5, 5.41) is -0.265. The first-order valence-corrected chi connectivity index (χ1v) is 7.07. The Balaban J connectivity index is 4.90. The van der Waals surface area contributed by atoms with Gasteiger partial charge in [-0.05, 0) is 24.0 Å². The third-order valence-corrected chi connectivity index (χ3v) is 4.67. The zero-order valence-electron chi connectivity index (χ0n) is 11.7. The Bertz CT molecular complexity index is 285. The molecule has 0 bridgehead atoms. The van der Waals surface area contributed by atoms with Crippen molar-refractivity contribution in [2.45, 2.75) is 45.9 Å². The van der Waals surface area contributed by atoms with Crippen LogP contribution < -0.4 is 0 Å². The van der Waals surface area contributed by atoms with Gasteiger partial charge in [0.05, 0.1) is 13.3 Å². The monoisotopic (exact) mass is 269 g/mol. The molecule has 0 saturated carbocycles. The minimum absolute atomic E-state index is 0.000617. The fourth-order valence-electron chi connectivity index (χ4n) is 1.47. The molecule has 0 rings (SSSR count). The van der Waals surface area contributed by atoms with E-state index in [2.05, 4.69) is 46.5 Å². The normalized spacial score (nSPS) is 16.5. The molecule has 0 aliphatic carbocycles. The van der Waals surface area contributed by atoms with E-state index in [1.165, 1.54) is 5.57 Å². The molecular formula is C13H24BNS2. The molecule has 0 saturated heterocycles. The molecule has 96 valence electrons. The summed E-state index contributed by atoms with van der Waals surface area (Å²) in [5.41, 5.74) is 2.95. The highest BCUT2D eigenvalue weighted by Gasteiger charge is 2.35. The summed E-state index contributed by atoms with van der Waals surface area (Å²) in [4.78, 5) is 1.90. The Morgan fingerprint density at radius 3 is 2.29 bits per heavy atom. The van der Waals surface area contributed by atoms with E-state index in [-0.39, 0.29) is 10.7 Å². The van der Waals surface area contributed by atoms with Gasteiger partial charge in [0, 0.05) is 13.2 Å². The maximum atomic E-state index is 6.45. The molecule has 0 fully saturated rings. The van der Waals surface area contributed by atoms with Crippen LogP contribution in [0.3, 0.4) is 0 Å². The Hall–Kier alpha value is 0.0449. The Labute approximate surface area is 119 Å². The maximum Gasteiger partial charge on any atom is 0.0754 e. The fourth-order valence-corrected chi connectivity index (χ4v) is 1.89. The molecule has 0 amide bonds. The number of hydrogen-bond donors (Lipinski definition) is 1. The van der Waals surface area contributed by atoms with Crippen LogP contribution in [0.15, 0.2) is 11.8 Å². The van der Waals surface area contributed by atoms with Crippen LogP contribution in [0.5, 0.6) is 0 Å². The van der Waals surface area contributed by atoms with Crippen LogP contribution in [0.1, 0.15) is 40.5 Å². The Morgan fingerprint density at radius 1 is 1.41 bits per heavy atom. The highest BCUT2D eigenvalue weighted by Crippen LogP contribution is 2.48. The molecule has 1 atom stereocenters. The average Bonchev–Trinajstić information content (AvgIpc) is 2.27. The summed E-state index contributed by atoms with van der Waals surface area (Å²) < 4.78 is 0. The van der Waals surface area contributed by atoms with E-state index in [0.29, 0.717) is 0 Å². The number of thiocarbonyl (C=S) groups is 1. The smallest absolute Gasteiger partial charge is 0.0754 e. The summed E-state index contributed by atoms with van der Waals surface area (Å²) in [6.45, 7) is 8.57. The molecule has 17 heavy (non-hydrogen) atoms. The number of nitrogens with zero attached hydrogens (tertiary/aromatic N) is 1. The van der Waals surface area contributed by atoms with Gasteiger partial charge < -0.3 is 4.90 Å². The minimum Gasteiger partial charge on any atom is -0.348 e. The second kappa shape index (κ2) is 6.84. The SMILES string of the molecule is [B]C(C)(C/C(=C/N(C)C=S)CC)C(C)(C)CS. The number of thiol groups is 1. The van der Waals surface area contributed by atoms with Crippen molar-refractivity contribution in [3.05, 3.63) is 11.8 Å². The highest BCUT2D eigenvalue weighted by molar-refractivity contribution is 7.80. The molecular weight excluding hydrogens is 245 g/mol. The quantitative estimate of drug-likeness (QED) is 0.424. The van der Waals surface area contributed by atoms with Crippen molar-refractivity contribution in [2.24, 2.45) is 5.41 Å². The topological polar surface area (TPSA) is 3.24 Å². The van der Waals surface area contributed by atoms with Gasteiger partial charge in [0.2, 0.25) is 0 Å². The highest BCUT2D eigenvalue weighted by atomic mass is 32.1. The fraction of sp³-hybridized carbons (Fsp3) is 0.769. The molecule has 1 nitrogen and oxygen atoms in total. The number of hydrogen-bond acceptors (Lipinski definition) is 2. The maximum absolute atomic E-state index is 6.45. The van der Waals surface area contributed by atoms with Gasteiger partial charge in [-0.3, -0.25) is 0 Å². The van der Waals surface area contributed by atoms with Crippen molar-refractivity contribution in [1.29, 1.82) is 0 Å². The molecule has 0 spiro atoms. The molecule has 0 aliphatic rings. The van der Waals surface area contributed by atoms with Gasteiger partial charge in [-0.15, -0.1) is 0 Å². The lowest BCUT2D eigenvalue weighted by atomic mass is 9.53. The van der Waals surface area contributed by atoms with Crippen LogP contribution in [-0.2, 0) is 0 Å². The Morgan fingerprint density at radius 2 is 1.94 bits per heavy atom. The van der Waals surface area contributed by atoms with Gasteiger partial charge in [-0.25, -0.2) is 0 Å². The zero-order chi connectivity index (χ0) is 13.7. The van der Waals surface area contributed by atoms with E-state index in [0.717, 1.165) is 18.6 Å². The zero-order valence-corrected chi connectivity index (χ0v) is 13.4. The molecule has 0 aliphatic heterocycles. The van der Waals surface area contributed by atoms with E-state index >= 15 is 0 Å². The van der Waals surface area contributed by atoms with Crippen molar-refractivity contribution in [2.75, 3.05) is 12.8 Å². The molecule has 1 unspecified atom stereocenters. The van der Waals surface area contributed by atoms with Crippen LogP contribution in [0.4, 0.5) is 0 Å². The van der Waals surface area contributed by atoms with E-state index in [1.807, 2.05) is 11.9 Å². The lowest BCUT2D eigenvalue weighted by Gasteiger charge is -2.42. The summed E-state index contributed by atoms with van der Waals surface area (Å²) >= 11 is 9.29. The molecule has 0 heterocycles.